The summed E-state index contributed by atoms with van der Waals surface area (Å²) in [5.41, 5.74) is 1.49. The molecule has 3 aromatic rings. The summed E-state index contributed by atoms with van der Waals surface area (Å²) in [7, 11) is -3.35. The number of carbonyl (C=O) groups excluding carboxylic acids is 1. The van der Waals surface area contributed by atoms with E-state index in [0.29, 0.717) is 28.4 Å². The quantitative estimate of drug-likeness (QED) is 0.547. The van der Waals surface area contributed by atoms with Gasteiger partial charge in [-0.3, -0.25) is 9.52 Å². The van der Waals surface area contributed by atoms with Gasteiger partial charge in [-0.25, -0.2) is 13.4 Å². The molecule has 1 heterocycles. The minimum Gasteiger partial charge on any atom is -0.322 e. The van der Waals surface area contributed by atoms with Crippen molar-refractivity contribution in [3.05, 3.63) is 78.5 Å². The topological polar surface area (TPSA) is 88.2 Å². The maximum atomic E-state index is 12.7. The van der Waals surface area contributed by atoms with Crippen molar-refractivity contribution >= 4 is 39.1 Å². The predicted octanol–water partition coefficient (Wildman–Crippen LogP) is 4.64. The third-order valence-electron chi connectivity index (χ3n) is 3.86. The molecule has 0 radical (unpaired) electrons. The number of anilines is 2. The zero-order chi connectivity index (χ0) is 20.7. The largest absolute Gasteiger partial charge is 0.322 e. The molecule has 0 fully saturated rings. The van der Waals surface area contributed by atoms with Crippen LogP contribution in [-0.4, -0.2) is 25.1 Å². The molecule has 0 unspecified atom stereocenters. The summed E-state index contributed by atoms with van der Waals surface area (Å²) >= 11 is 1.42. The number of nitrogens with zero attached hydrogens (tertiary/aromatic N) is 1. The number of hydrogen-bond donors (Lipinski definition) is 2. The van der Waals surface area contributed by atoms with E-state index in [2.05, 4.69) is 15.0 Å². The van der Waals surface area contributed by atoms with Gasteiger partial charge in [0.05, 0.1) is 11.3 Å². The van der Waals surface area contributed by atoms with E-state index in [1.165, 1.54) is 11.8 Å². The van der Waals surface area contributed by atoms with Gasteiger partial charge in [0.1, 0.15) is 5.03 Å². The van der Waals surface area contributed by atoms with Crippen molar-refractivity contribution in [1.82, 2.24) is 4.98 Å². The van der Waals surface area contributed by atoms with Crippen LogP contribution in [0.4, 0.5) is 11.4 Å². The Kier molecular flexibility index (Phi) is 6.90. The molecule has 0 aliphatic carbocycles. The molecular formula is C21H21N3O3S2. The summed E-state index contributed by atoms with van der Waals surface area (Å²) in [4.78, 5) is 18.1. The smallest absolute Gasteiger partial charge is 0.258 e. The molecule has 0 spiro atoms. The number of pyridine rings is 1. The van der Waals surface area contributed by atoms with E-state index in [1.54, 1.807) is 49.5 Å². The minimum absolute atomic E-state index is 0.0638. The Morgan fingerprint density at radius 2 is 1.66 bits per heavy atom. The lowest BCUT2D eigenvalue weighted by Crippen LogP contribution is -2.16. The van der Waals surface area contributed by atoms with Crippen molar-refractivity contribution in [2.24, 2.45) is 0 Å². The Morgan fingerprint density at radius 3 is 2.34 bits per heavy atom. The summed E-state index contributed by atoms with van der Waals surface area (Å²) in [6.45, 7) is 1.81. The van der Waals surface area contributed by atoms with Crippen molar-refractivity contribution in [3.63, 3.8) is 0 Å². The van der Waals surface area contributed by atoms with Gasteiger partial charge in [0.2, 0.25) is 10.0 Å². The van der Waals surface area contributed by atoms with Crippen LogP contribution in [0.15, 0.2) is 82.8 Å². The molecule has 0 aliphatic rings. The zero-order valence-corrected chi connectivity index (χ0v) is 17.5. The molecule has 2 N–H and O–H groups in total. The average molecular weight is 428 g/mol. The third kappa shape index (κ3) is 6.07. The molecule has 0 saturated carbocycles. The normalized spacial score (nSPS) is 11.1. The highest BCUT2D eigenvalue weighted by Crippen LogP contribution is 2.28. The van der Waals surface area contributed by atoms with Crippen LogP contribution < -0.4 is 10.0 Å². The fraction of sp³-hybridized carbons (Fsp3) is 0.143. The maximum absolute atomic E-state index is 12.7. The van der Waals surface area contributed by atoms with Crippen LogP contribution >= 0.6 is 11.8 Å². The number of aromatic nitrogens is 1. The Balaban J connectivity index is 1.71. The van der Waals surface area contributed by atoms with Crippen LogP contribution in [-0.2, 0) is 10.0 Å². The standard InChI is InChI=1S/C21H21N3O3S2/c1-2-15-29(26,27)24-17-12-10-16(11-13-17)23-20(25)19-9-6-14-22-21(19)28-18-7-4-3-5-8-18/h3-14,24H,2,15H2,1H3,(H,23,25). The monoisotopic (exact) mass is 427 g/mol. The molecule has 29 heavy (non-hydrogen) atoms. The van der Waals surface area contributed by atoms with Gasteiger partial charge in [-0.2, -0.15) is 0 Å². The summed E-state index contributed by atoms with van der Waals surface area (Å²) in [5.74, 6) is -0.218. The van der Waals surface area contributed by atoms with Gasteiger partial charge in [-0.05, 0) is 55.0 Å². The third-order valence-corrected chi connectivity index (χ3v) is 6.38. The first-order valence-corrected chi connectivity index (χ1v) is 11.5. The summed E-state index contributed by atoms with van der Waals surface area (Å²) in [5, 5.41) is 3.44. The van der Waals surface area contributed by atoms with E-state index in [9.17, 15) is 13.2 Å². The lowest BCUT2D eigenvalue weighted by Gasteiger charge is -2.10. The van der Waals surface area contributed by atoms with Crippen LogP contribution in [0.1, 0.15) is 23.7 Å². The molecule has 1 amide bonds. The first kappa shape index (κ1) is 20.9. The lowest BCUT2D eigenvalue weighted by molar-refractivity contribution is 0.102. The Hall–Kier alpha value is -2.84. The second kappa shape index (κ2) is 9.58. The molecule has 8 heteroatoms. The van der Waals surface area contributed by atoms with Crippen LogP contribution in [0.3, 0.4) is 0 Å². The fourth-order valence-electron chi connectivity index (χ4n) is 2.56. The van der Waals surface area contributed by atoms with E-state index in [-0.39, 0.29) is 11.7 Å². The van der Waals surface area contributed by atoms with Crippen molar-refractivity contribution in [2.75, 3.05) is 15.8 Å². The molecule has 6 nitrogen and oxygen atoms in total. The van der Waals surface area contributed by atoms with Crippen molar-refractivity contribution in [3.8, 4) is 0 Å². The predicted molar refractivity (Wildman–Crippen MR) is 117 cm³/mol. The summed E-state index contributed by atoms with van der Waals surface area (Å²) in [6, 6.07) is 19.7. The molecule has 3 rings (SSSR count). The first-order chi connectivity index (χ1) is 14.0. The van der Waals surface area contributed by atoms with Crippen LogP contribution in [0, 0.1) is 0 Å². The number of hydrogen-bond acceptors (Lipinski definition) is 5. The Bertz CT molecular complexity index is 1070. The van der Waals surface area contributed by atoms with E-state index in [1.807, 2.05) is 30.3 Å². The minimum atomic E-state index is -3.35. The highest BCUT2D eigenvalue weighted by atomic mass is 32.2. The number of benzene rings is 2. The van der Waals surface area contributed by atoms with Gasteiger partial charge < -0.3 is 5.32 Å². The van der Waals surface area contributed by atoms with Crippen molar-refractivity contribution in [2.45, 2.75) is 23.3 Å². The first-order valence-electron chi connectivity index (χ1n) is 9.06. The molecule has 1 aromatic heterocycles. The van der Waals surface area contributed by atoms with Gasteiger partial charge in [-0.1, -0.05) is 36.9 Å². The number of sulfonamides is 1. The molecule has 0 aliphatic heterocycles. The highest BCUT2D eigenvalue weighted by molar-refractivity contribution is 7.99. The van der Waals surface area contributed by atoms with Gasteiger partial charge in [0, 0.05) is 22.5 Å². The van der Waals surface area contributed by atoms with E-state index in [0.717, 1.165) is 4.90 Å². The lowest BCUT2D eigenvalue weighted by atomic mass is 10.2. The van der Waals surface area contributed by atoms with Crippen LogP contribution in [0.25, 0.3) is 0 Å². The molecule has 2 aromatic carbocycles. The van der Waals surface area contributed by atoms with Gasteiger partial charge in [0.15, 0.2) is 0 Å². The molecule has 0 bridgehead atoms. The maximum Gasteiger partial charge on any atom is 0.258 e. The molecular weight excluding hydrogens is 406 g/mol. The van der Waals surface area contributed by atoms with Crippen molar-refractivity contribution < 1.29 is 13.2 Å². The molecule has 150 valence electrons. The van der Waals surface area contributed by atoms with Crippen LogP contribution in [0.5, 0.6) is 0 Å². The van der Waals surface area contributed by atoms with Gasteiger partial charge in [0.25, 0.3) is 5.91 Å². The van der Waals surface area contributed by atoms with Crippen molar-refractivity contribution in [1.29, 1.82) is 0 Å². The number of nitrogens with one attached hydrogen (secondary N) is 2. The molecule has 0 atom stereocenters. The highest BCUT2D eigenvalue weighted by Gasteiger charge is 2.14. The van der Waals surface area contributed by atoms with Gasteiger partial charge >= 0.3 is 0 Å². The van der Waals surface area contributed by atoms with Crippen LogP contribution in [0.2, 0.25) is 0 Å². The number of rotatable bonds is 8. The number of carbonyl (C=O) groups is 1. The zero-order valence-electron chi connectivity index (χ0n) is 15.8. The van der Waals surface area contributed by atoms with E-state index in [4.69, 9.17) is 0 Å². The molecule has 0 saturated heterocycles. The Morgan fingerprint density at radius 1 is 0.966 bits per heavy atom. The fourth-order valence-corrected chi connectivity index (χ4v) is 4.60. The SMILES string of the molecule is CCCS(=O)(=O)Nc1ccc(NC(=O)c2cccnc2Sc2ccccc2)cc1. The second-order valence-corrected chi connectivity index (χ2v) is 9.13. The second-order valence-electron chi connectivity index (χ2n) is 6.22. The van der Waals surface area contributed by atoms with Gasteiger partial charge in [-0.15, -0.1) is 0 Å². The number of amides is 1. The average Bonchev–Trinajstić information content (AvgIpc) is 2.70. The summed E-state index contributed by atoms with van der Waals surface area (Å²) in [6.07, 6.45) is 2.19. The van der Waals surface area contributed by atoms with E-state index >= 15 is 0 Å². The Labute approximate surface area is 174 Å². The summed E-state index contributed by atoms with van der Waals surface area (Å²) < 4.78 is 26.2. The van der Waals surface area contributed by atoms with E-state index < -0.39 is 10.0 Å².